The number of fused-ring (bicyclic) bond motifs is 1. The van der Waals surface area contributed by atoms with Crippen LogP contribution in [0.25, 0.3) is 0 Å². The maximum atomic E-state index is 14.5. The van der Waals surface area contributed by atoms with E-state index in [4.69, 9.17) is 4.74 Å². The van der Waals surface area contributed by atoms with Gasteiger partial charge in [0.05, 0.1) is 30.6 Å². The number of likely N-dealkylation sites (tertiary alicyclic amines) is 1. The summed E-state index contributed by atoms with van der Waals surface area (Å²) in [5, 5.41) is 10.7. The molecule has 3 heterocycles. The molecule has 8 heteroatoms. The van der Waals surface area contributed by atoms with Crippen molar-refractivity contribution in [1.82, 2.24) is 14.7 Å². The van der Waals surface area contributed by atoms with E-state index in [1.54, 1.807) is 26.9 Å². The Bertz CT molecular complexity index is 1090. The maximum absolute atomic E-state index is 14.5. The summed E-state index contributed by atoms with van der Waals surface area (Å²) in [5.41, 5.74) is -0.136. The number of carbonyl (C=O) groups is 3. The molecule has 2 bridgehead atoms. The third-order valence-electron chi connectivity index (χ3n) is 9.02. The average molecular weight is 566 g/mol. The van der Waals surface area contributed by atoms with E-state index in [1.165, 1.54) is 0 Å². The van der Waals surface area contributed by atoms with Gasteiger partial charge in [0.15, 0.2) is 0 Å². The zero-order chi connectivity index (χ0) is 29.6. The minimum absolute atomic E-state index is 0.112. The molecule has 0 aliphatic carbocycles. The summed E-state index contributed by atoms with van der Waals surface area (Å²) in [4.78, 5) is 48.2. The van der Waals surface area contributed by atoms with Gasteiger partial charge in [0.2, 0.25) is 17.7 Å². The highest BCUT2D eigenvalue weighted by molar-refractivity contribution is 5.99. The van der Waals surface area contributed by atoms with E-state index < -0.39 is 35.6 Å². The van der Waals surface area contributed by atoms with Gasteiger partial charge in [-0.3, -0.25) is 14.4 Å². The number of hydrogen-bond donors (Lipinski definition) is 1. The molecule has 1 spiro atoms. The highest BCUT2D eigenvalue weighted by atomic mass is 16.5. The smallest absolute Gasteiger partial charge is 0.248 e. The van der Waals surface area contributed by atoms with Crippen molar-refractivity contribution in [2.24, 2.45) is 11.8 Å². The van der Waals surface area contributed by atoms with Gasteiger partial charge < -0.3 is 24.5 Å². The molecule has 3 aliphatic heterocycles. The molecule has 0 radical (unpaired) electrons. The van der Waals surface area contributed by atoms with Gasteiger partial charge >= 0.3 is 0 Å². The number of rotatable bonds is 16. The molecular formula is C33H47N3O5. The number of amides is 3. The molecule has 1 aromatic rings. The van der Waals surface area contributed by atoms with Crippen LogP contribution in [-0.2, 0) is 25.5 Å². The summed E-state index contributed by atoms with van der Waals surface area (Å²) >= 11 is 0. The van der Waals surface area contributed by atoms with Gasteiger partial charge in [0, 0.05) is 26.2 Å². The molecular weight excluding hydrogens is 518 g/mol. The Kier molecular flexibility index (Phi) is 10.4. The number of hydrogen-bond acceptors (Lipinski definition) is 5. The van der Waals surface area contributed by atoms with Crippen LogP contribution in [-0.4, -0.2) is 94.1 Å². The van der Waals surface area contributed by atoms with Crippen LogP contribution in [0.5, 0.6) is 0 Å². The van der Waals surface area contributed by atoms with Crippen molar-refractivity contribution in [2.75, 3.05) is 32.8 Å². The second-order valence-electron chi connectivity index (χ2n) is 11.7. The standard InChI is InChI=1S/C33H47N3O5/c1-5-9-13-21-35(20-8-4)32(40)29-33-17-16-26(41-33)27(30(38)34(18-6-2)19-7-3)28(33)31(39)36(29)25(23-37)22-24-14-11-10-12-15-24/h6,8,10-12,14-15,25-29,37H,2,4-5,7,9,13,16-23H2,1,3H3/t25-,26+,27-,28+,29?,33?/m1/s1. The van der Waals surface area contributed by atoms with E-state index >= 15 is 0 Å². The van der Waals surface area contributed by atoms with Crippen molar-refractivity contribution < 1.29 is 24.2 Å². The minimum Gasteiger partial charge on any atom is -0.394 e. The number of benzene rings is 1. The monoisotopic (exact) mass is 565 g/mol. The third kappa shape index (κ3) is 5.86. The fraction of sp³-hybridized carbons (Fsp3) is 0.606. The summed E-state index contributed by atoms with van der Waals surface area (Å²) in [6.07, 6.45) is 8.19. The third-order valence-corrected chi connectivity index (χ3v) is 9.02. The molecule has 3 aliphatic rings. The average Bonchev–Trinajstić information content (AvgIpc) is 3.62. The number of ether oxygens (including phenoxy) is 1. The first kappa shape index (κ1) is 31.0. The van der Waals surface area contributed by atoms with E-state index in [-0.39, 0.29) is 24.3 Å². The van der Waals surface area contributed by atoms with E-state index in [2.05, 4.69) is 20.1 Å². The van der Waals surface area contributed by atoms with Gasteiger partial charge in [0.1, 0.15) is 11.6 Å². The Morgan fingerprint density at radius 1 is 1.07 bits per heavy atom. The minimum atomic E-state index is -1.10. The predicted octanol–water partition coefficient (Wildman–Crippen LogP) is 3.59. The van der Waals surface area contributed by atoms with Crippen LogP contribution in [0.2, 0.25) is 0 Å². The van der Waals surface area contributed by atoms with Crippen LogP contribution in [0, 0.1) is 11.8 Å². The molecule has 41 heavy (non-hydrogen) atoms. The van der Waals surface area contributed by atoms with Crippen molar-refractivity contribution in [3.63, 3.8) is 0 Å². The van der Waals surface area contributed by atoms with Crippen LogP contribution in [0.15, 0.2) is 55.6 Å². The number of carbonyl (C=O) groups excluding carboxylic acids is 3. The number of aliphatic hydroxyl groups excluding tert-OH is 1. The zero-order valence-electron chi connectivity index (χ0n) is 24.7. The molecule has 2 unspecified atom stereocenters. The van der Waals surface area contributed by atoms with E-state index in [0.717, 1.165) is 31.2 Å². The number of unbranched alkanes of at least 4 members (excludes halogenated alkanes) is 2. The summed E-state index contributed by atoms with van der Waals surface area (Å²) in [6.45, 7) is 13.4. The molecule has 3 fully saturated rings. The Labute approximate surface area is 245 Å². The number of nitrogens with zero attached hydrogens (tertiary/aromatic N) is 3. The van der Waals surface area contributed by atoms with Crippen LogP contribution >= 0.6 is 0 Å². The first-order valence-corrected chi connectivity index (χ1v) is 15.3. The van der Waals surface area contributed by atoms with Crippen LogP contribution in [0.4, 0.5) is 0 Å². The fourth-order valence-corrected chi connectivity index (χ4v) is 7.28. The first-order chi connectivity index (χ1) is 19.9. The van der Waals surface area contributed by atoms with Gasteiger partial charge in [-0.05, 0) is 37.7 Å². The van der Waals surface area contributed by atoms with Crippen LogP contribution in [0.1, 0.15) is 57.9 Å². The largest absolute Gasteiger partial charge is 0.394 e. The van der Waals surface area contributed by atoms with Gasteiger partial charge in [-0.1, -0.05) is 69.2 Å². The molecule has 1 aromatic carbocycles. The Morgan fingerprint density at radius 3 is 2.37 bits per heavy atom. The summed E-state index contributed by atoms with van der Waals surface area (Å²) in [7, 11) is 0. The zero-order valence-corrected chi connectivity index (χ0v) is 24.7. The highest BCUT2D eigenvalue weighted by Crippen LogP contribution is 2.59. The molecule has 4 rings (SSSR count). The Hall–Kier alpha value is -2.97. The number of aliphatic hydroxyl groups is 1. The molecule has 1 N–H and O–H groups in total. The predicted molar refractivity (Wildman–Crippen MR) is 159 cm³/mol. The van der Waals surface area contributed by atoms with Gasteiger partial charge in [-0.2, -0.15) is 0 Å². The summed E-state index contributed by atoms with van der Waals surface area (Å²) in [6, 6.07) is 8.15. The second kappa shape index (κ2) is 13.8. The molecule has 3 amide bonds. The maximum Gasteiger partial charge on any atom is 0.248 e. The Morgan fingerprint density at radius 2 is 1.76 bits per heavy atom. The summed E-state index contributed by atoms with van der Waals surface area (Å²) < 4.78 is 6.67. The lowest BCUT2D eigenvalue weighted by molar-refractivity contribution is -0.151. The lowest BCUT2D eigenvalue weighted by Crippen LogP contribution is -2.59. The first-order valence-electron chi connectivity index (χ1n) is 15.3. The van der Waals surface area contributed by atoms with Crippen molar-refractivity contribution in [2.45, 2.75) is 82.6 Å². The lowest BCUT2D eigenvalue weighted by Gasteiger charge is -2.39. The van der Waals surface area contributed by atoms with Crippen molar-refractivity contribution in [1.29, 1.82) is 0 Å². The molecule has 3 saturated heterocycles. The quantitative estimate of drug-likeness (QED) is 0.244. The lowest BCUT2D eigenvalue weighted by atomic mass is 9.70. The second-order valence-corrected chi connectivity index (χ2v) is 11.7. The highest BCUT2D eigenvalue weighted by Gasteiger charge is 2.75. The van der Waals surface area contributed by atoms with E-state index in [9.17, 15) is 19.5 Å². The van der Waals surface area contributed by atoms with Crippen LogP contribution < -0.4 is 0 Å². The van der Waals surface area contributed by atoms with Gasteiger partial charge in [0.25, 0.3) is 0 Å². The summed E-state index contributed by atoms with van der Waals surface area (Å²) in [5.74, 6) is -1.99. The molecule has 6 atom stereocenters. The van der Waals surface area contributed by atoms with Crippen molar-refractivity contribution >= 4 is 17.7 Å². The van der Waals surface area contributed by atoms with Crippen molar-refractivity contribution in [3.8, 4) is 0 Å². The normalized spacial score (nSPS) is 27.0. The van der Waals surface area contributed by atoms with E-state index in [0.29, 0.717) is 45.4 Å². The van der Waals surface area contributed by atoms with Gasteiger partial charge in [-0.25, -0.2) is 0 Å². The molecule has 0 aromatic heterocycles. The van der Waals surface area contributed by atoms with Gasteiger partial charge in [-0.15, -0.1) is 13.2 Å². The SMILES string of the molecule is C=CCN(CCCCC)C(=O)C1N([C@@H](CO)Cc2ccccc2)C(=O)[C@@H]2[C@H](C(=O)N(CC=C)CCC)[C@@H]3CCC12O3. The Balaban J connectivity index is 1.76. The molecule has 8 nitrogen and oxygen atoms in total. The van der Waals surface area contributed by atoms with Crippen LogP contribution in [0.3, 0.4) is 0 Å². The fourth-order valence-electron chi connectivity index (χ4n) is 7.28. The van der Waals surface area contributed by atoms with E-state index in [1.807, 2.05) is 37.3 Å². The molecule has 0 saturated carbocycles. The topological polar surface area (TPSA) is 90.4 Å². The van der Waals surface area contributed by atoms with Crippen molar-refractivity contribution in [3.05, 3.63) is 61.2 Å². The molecule has 224 valence electrons.